The van der Waals surface area contributed by atoms with Gasteiger partial charge in [-0.25, -0.2) is 4.39 Å². The van der Waals surface area contributed by atoms with Crippen LogP contribution in [0.4, 0.5) is 15.8 Å². The summed E-state index contributed by atoms with van der Waals surface area (Å²) < 4.78 is 13.3. The van der Waals surface area contributed by atoms with Gasteiger partial charge in [-0.1, -0.05) is 18.2 Å². The highest BCUT2D eigenvalue weighted by Crippen LogP contribution is 2.26. The number of rotatable bonds is 2. The summed E-state index contributed by atoms with van der Waals surface area (Å²) in [6, 6.07) is 14.4. The van der Waals surface area contributed by atoms with Crippen LogP contribution in [-0.4, -0.2) is 4.98 Å². The second-order valence-corrected chi connectivity index (χ2v) is 4.03. The van der Waals surface area contributed by atoms with Crippen molar-refractivity contribution in [2.75, 3.05) is 5.32 Å². The molecule has 0 unspecified atom stereocenters. The molecule has 3 aromatic rings. The second-order valence-electron chi connectivity index (χ2n) is 4.03. The minimum atomic E-state index is -0.230. The van der Waals surface area contributed by atoms with Crippen LogP contribution in [0, 0.1) is 5.82 Å². The lowest BCUT2D eigenvalue weighted by molar-refractivity contribution is 0.630. The lowest BCUT2D eigenvalue weighted by atomic mass is 10.1. The third-order valence-electron chi connectivity index (χ3n) is 2.80. The van der Waals surface area contributed by atoms with Crippen molar-refractivity contribution in [3.63, 3.8) is 0 Å². The third-order valence-corrected chi connectivity index (χ3v) is 2.80. The molecular weight excluding hydrogens is 227 g/mol. The number of nitrogens with one attached hydrogen (secondary N) is 1. The molecule has 0 fully saturated rings. The summed E-state index contributed by atoms with van der Waals surface area (Å²) in [7, 11) is 0. The van der Waals surface area contributed by atoms with Crippen molar-refractivity contribution in [3.05, 3.63) is 66.7 Å². The molecule has 0 bridgehead atoms. The van der Waals surface area contributed by atoms with Crippen LogP contribution in [0.1, 0.15) is 0 Å². The topological polar surface area (TPSA) is 24.9 Å². The summed E-state index contributed by atoms with van der Waals surface area (Å²) in [4.78, 5) is 3.96. The molecule has 0 spiro atoms. The zero-order valence-electron chi connectivity index (χ0n) is 9.60. The minimum Gasteiger partial charge on any atom is -0.355 e. The Balaban J connectivity index is 2.09. The molecule has 0 atom stereocenters. The smallest absolute Gasteiger partial charge is 0.123 e. The van der Waals surface area contributed by atoms with E-state index in [1.54, 1.807) is 24.5 Å². The predicted octanol–water partition coefficient (Wildman–Crippen LogP) is 4.12. The Morgan fingerprint density at radius 1 is 0.944 bits per heavy atom. The van der Waals surface area contributed by atoms with E-state index in [2.05, 4.69) is 10.3 Å². The highest BCUT2D eigenvalue weighted by atomic mass is 19.1. The fourth-order valence-electron chi connectivity index (χ4n) is 1.94. The van der Waals surface area contributed by atoms with Crippen LogP contribution in [0.5, 0.6) is 0 Å². The molecule has 18 heavy (non-hydrogen) atoms. The lowest BCUT2D eigenvalue weighted by Crippen LogP contribution is -1.91. The average molecular weight is 238 g/mol. The molecule has 0 aliphatic heterocycles. The Labute approximate surface area is 104 Å². The van der Waals surface area contributed by atoms with Gasteiger partial charge in [-0.15, -0.1) is 0 Å². The zero-order valence-corrected chi connectivity index (χ0v) is 9.60. The summed E-state index contributed by atoms with van der Waals surface area (Å²) in [5, 5.41) is 5.15. The first-order valence-corrected chi connectivity index (χ1v) is 5.68. The summed E-state index contributed by atoms with van der Waals surface area (Å²) in [6.07, 6.45) is 3.43. The number of halogens is 1. The van der Waals surface area contributed by atoms with E-state index in [0.29, 0.717) is 0 Å². The van der Waals surface area contributed by atoms with E-state index in [0.717, 1.165) is 22.1 Å². The van der Waals surface area contributed by atoms with Gasteiger partial charge >= 0.3 is 0 Å². The summed E-state index contributed by atoms with van der Waals surface area (Å²) in [5.74, 6) is -0.230. The van der Waals surface area contributed by atoms with E-state index >= 15 is 0 Å². The van der Waals surface area contributed by atoms with Crippen molar-refractivity contribution in [3.8, 4) is 0 Å². The normalized spacial score (nSPS) is 10.5. The molecule has 0 saturated heterocycles. The van der Waals surface area contributed by atoms with Gasteiger partial charge in [0, 0.05) is 29.2 Å². The first kappa shape index (κ1) is 10.7. The standard InChI is InChI=1S/C15H11FN2/c16-12-5-4-11-2-1-3-15(14(11)10-12)18-13-6-8-17-9-7-13/h1-10H,(H,17,18). The van der Waals surface area contributed by atoms with Crippen LogP contribution >= 0.6 is 0 Å². The van der Waals surface area contributed by atoms with Gasteiger partial charge in [-0.3, -0.25) is 4.98 Å². The molecule has 0 aliphatic carbocycles. The molecule has 88 valence electrons. The summed E-state index contributed by atoms with van der Waals surface area (Å²) in [5.41, 5.74) is 1.82. The van der Waals surface area contributed by atoms with Gasteiger partial charge in [0.15, 0.2) is 0 Å². The van der Waals surface area contributed by atoms with Crippen LogP contribution in [0.3, 0.4) is 0 Å². The van der Waals surface area contributed by atoms with E-state index in [9.17, 15) is 4.39 Å². The maximum atomic E-state index is 13.3. The van der Waals surface area contributed by atoms with Crippen molar-refractivity contribution >= 4 is 22.1 Å². The summed E-state index contributed by atoms with van der Waals surface area (Å²) in [6.45, 7) is 0. The van der Waals surface area contributed by atoms with Gasteiger partial charge < -0.3 is 5.32 Å². The second kappa shape index (κ2) is 4.45. The van der Waals surface area contributed by atoms with Crippen molar-refractivity contribution in [2.45, 2.75) is 0 Å². The molecule has 2 nitrogen and oxygen atoms in total. The number of fused-ring (bicyclic) bond motifs is 1. The van der Waals surface area contributed by atoms with E-state index < -0.39 is 0 Å². The zero-order chi connectivity index (χ0) is 12.4. The quantitative estimate of drug-likeness (QED) is 0.726. The van der Waals surface area contributed by atoms with Crippen molar-refractivity contribution in [2.24, 2.45) is 0 Å². The Morgan fingerprint density at radius 3 is 2.61 bits per heavy atom. The number of benzene rings is 2. The van der Waals surface area contributed by atoms with Gasteiger partial charge in [0.05, 0.1) is 0 Å². The van der Waals surface area contributed by atoms with Crippen molar-refractivity contribution in [1.29, 1.82) is 0 Å². The molecule has 0 radical (unpaired) electrons. The molecule has 1 aromatic heterocycles. The highest BCUT2D eigenvalue weighted by Gasteiger charge is 2.02. The Morgan fingerprint density at radius 2 is 1.78 bits per heavy atom. The molecular formula is C15H11FN2. The molecule has 2 aromatic carbocycles. The first-order chi connectivity index (χ1) is 8.83. The van der Waals surface area contributed by atoms with Crippen LogP contribution in [0.2, 0.25) is 0 Å². The maximum Gasteiger partial charge on any atom is 0.123 e. The Kier molecular flexibility index (Phi) is 2.65. The van der Waals surface area contributed by atoms with Crippen LogP contribution in [-0.2, 0) is 0 Å². The molecule has 3 rings (SSSR count). The maximum absolute atomic E-state index is 13.3. The van der Waals surface area contributed by atoms with E-state index in [4.69, 9.17) is 0 Å². The number of hydrogen-bond donors (Lipinski definition) is 1. The SMILES string of the molecule is Fc1ccc2cccc(Nc3ccncc3)c2c1. The largest absolute Gasteiger partial charge is 0.355 e. The van der Waals surface area contributed by atoms with Crippen LogP contribution in [0.25, 0.3) is 10.8 Å². The molecule has 1 heterocycles. The van der Waals surface area contributed by atoms with E-state index in [-0.39, 0.29) is 5.82 Å². The molecule has 0 amide bonds. The number of aromatic nitrogens is 1. The third kappa shape index (κ3) is 2.02. The minimum absolute atomic E-state index is 0.230. The number of hydrogen-bond acceptors (Lipinski definition) is 2. The van der Waals surface area contributed by atoms with Gasteiger partial charge in [0.2, 0.25) is 0 Å². The molecule has 0 saturated carbocycles. The fraction of sp³-hybridized carbons (Fsp3) is 0. The van der Waals surface area contributed by atoms with Crippen LogP contribution < -0.4 is 5.32 Å². The van der Waals surface area contributed by atoms with Gasteiger partial charge in [-0.2, -0.15) is 0 Å². The lowest BCUT2D eigenvalue weighted by Gasteiger charge is -2.09. The molecule has 1 N–H and O–H groups in total. The Bertz CT molecular complexity index is 680. The van der Waals surface area contributed by atoms with E-state index in [1.165, 1.54) is 6.07 Å². The molecule has 3 heteroatoms. The monoisotopic (exact) mass is 238 g/mol. The highest BCUT2D eigenvalue weighted by molar-refractivity contribution is 5.95. The van der Waals surface area contributed by atoms with Gasteiger partial charge in [0.1, 0.15) is 5.82 Å². The van der Waals surface area contributed by atoms with Crippen molar-refractivity contribution < 1.29 is 4.39 Å². The van der Waals surface area contributed by atoms with Gasteiger partial charge in [0.25, 0.3) is 0 Å². The van der Waals surface area contributed by atoms with Gasteiger partial charge in [-0.05, 0) is 35.7 Å². The summed E-state index contributed by atoms with van der Waals surface area (Å²) >= 11 is 0. The van der Waals surface area contributed by atoms with E-state index in [1.807, 2.05) is 30.3 Å². The average Bonchev–Trinajstić information content (AvgIpc) is 2.41. The van der Waals surface area contributed by atoms with Crippen molar-refractivity contribution in [1.82, 2.24) is 4.98 Å². The predicted molar refractivity (Wildman–Crippen MR) is 71.4 cm³/mol. The Hall–Kier alpha value is -2.42. The number of anilines is 2. The van der Waals surface area contributed by atoms with Crippen LogP contribution in [0.15, 0.2) is 60.9 Å². The number of pyridine rings is 1. The first-order valence-electron chi connectivity index (χ1n) is 5.68. The number of nitrogens with zero attached hydrogens (tertiary/aromatic N) is 1. The fourth-order valence-corrected chi connectivity index (χ4v) is 1.94. The molecule has 0 aliphatic rings.